The van der Waals surface area contributed by atoms with Crippen molar-refractivity contribution in [2.45, 2.75) is 119 Å². The Balaban J connectivity index is 1.67. The Morgan fingerprint density at radius 3 is 2.12 bits per heavy atom. The Kier molecular flexibility index (Phi) is 6.11. The van der Waals surface area contributed by atoms with Gasteiger partial charge in [0.2, 0.25) is 0 Å². The molecule has 0 spiro atoms. The van der Waals surface area contributed by atoms with Crippen molar-refractivity contribution in [3.8, 4) is 0 Å². The van der Waals surface area contributed by atoms with Gasteiger partial charge in [-0.25, -0.2) is 0 Å². The molecule has 9 atom stereocenters. The molecular formula is C30H50O2. The minimum Gasteiger partial charge on any atom is -0.393 e. The molecular weight excluding hydrogens is 392 g/mol. The summed E-state index contributed by atoms with van der Waals surface area (Å²) in [5.41, 5.74) is 3.54. The van der Waals surface area contributed by atoms with Crippen LogP contribution in [0.5, 0.6) is 0 Å². The maximum absolute atomic E-state index is 11.7. The van der Waals surface area contributed by atoms with Crippen LogP contribution >= 0.6 is 0 Å². The molecule has 2 nitrogen and oxygen atoms in total. The maximum Gasteiger partial charge on any atom is 0.0594 e. The maximum atomic E-state index is 11.7. The van der Waals surface area contributed by atoms with Gasteiger partial charge in [-0.3, -0.25) is 0 Å². The van der Waals surface area contributed by atoms with E-state index >= 15 is 0 Å². The average molecular weight is 443 g/mol. The third-order valence-electron chi connectivity index (χ3n) is 11.9. The molecule has 0 aromatic carbocycles. The van der Waals surface area contributed by atoms with Crippen molar-refractivity contribution in [1.82, 2.24) is 0 Å². The van der Waals surface area contributed by atoms with Crippen LogP contribution in [-0.4, -0.2) is 22.4 Å². The minimum absolute atomic E-state index is 0.0283. The molecule has 0 saturated heterocycles. The van der Waals surface area contributed by atoms with E-state index in [9.17, 15) is 10.2 Å². The zero-order valence-corrected chi connectivity index (χ0v) is 22.2. The number of rotatable bonds is 3. The highest BCUT2D eigenvalue weighted by Gasteiger charge is 2.70. The van der Waals surface area contributed by atoms with Crippen molar-refractivity contribution in [3.63, 3.8) is 0 Å². The number of aliphatic hydroxyl groups is 2. The van der Waals surface area contributed by atoms with Crippen LogP contribution in [-0.2, 0) is 0 Å². The lowest BCUT2D eigenvalue weighted by Gasteiger charge is -2.70. The summed E-state index contributed by atoms with van der Waals surface area (Å²) in [6.07, 6.45) is 13.3. The molecule has 0 unspecified atom stereocenters. The van der Waals surface area contributed by atoms with Crippen molar-refractivity contribution < 1.29 is 10.2 Å². The molecule has 182 valence electrons. The molecule has 4 aliphatic carbocycles. The second-order valence-electron chi connectivity index (χ2n) is 13.8. The molecule has 2 N–H and O–H groups in total. The molecule has 0 bridgehead atoms. The first-order valence-electron chi connectivity index (χ1n) is 13.4. The van der Waals surface area contributed by atoms with E-state index in [0.717, 1.165) is 25.7 Å². The van der Waals surface area contributed by atoms with E-state index in [-0.39, 0.29) is 33.9 Å². The largest absolute Gasteiger partial charge is 0.393 e. The second kappa shape index (κ2) is 7.98. The molecule has 2 heteroatoms. The van der Waals surface area contributed by atoms with Crippen LogP contribution < -0.4 is 0 Å². The van der Waals surface area contributed by atoms with Gasteiger partial charge in [0.1, 0.15) is 0 Å². The Morgan fingerprint density at radius 2 is 1.47 bits per heavy atom. The Hall–Kier alpha value is -0.600. The van der Waals surface area contributed by atoms with Gasteiger partial charge in [0, 0.05) is 0 Å². The van der Waals surface area contributed by atoms with Gasteiger partial charge in [-0.2, -0.15) is 0 Å². The normalized spacial score (nSPS) is 50.2. The fourth-order valence-electron chi connectivity index (χ4n) is 9.89. The molecule has 0 aromatic heterocycles. The molecule has 0 heterocycles. The third kappa shape index (κ3) is 3.33. The number of fused-ring (bicyclic) bond motifs is 5. The first-order chi connectivity index (χ1) is 14.8. The summed E-state index contributed by atoms with van der Waals surface area (Å²) in [5.74, 6) is 2.00. The molecule has 4 rings (SSSR count). The van der Waals surface area contributed by atoms with Gasteiger partial charge in [0.25, 0.3) is 0 Å². The van der Waals surface area contributed by atoms with E-state index in [2.05, 4.69) is 67.5 Å². The quantitative estimate of drug-likeness (QED) is 0.450. The zero-order chi connectivity index (χ0) is 23.7. The predicted octanol–water partition coefficient (Wildman–Crippen LogP) is 7.31. The molecule has 0 aromatic rings. The molecule has 4 saturated carbocycles. The van der Waals surface area contributed by atoms with Crippen LogP contribution in [0.1, 0.15) is 107 Å². The fourth-order valence-corrected chi connectivity index (χ4v) is 9.89. The van der Waals surface area contributed by atoms with Crippen LogP contribution in [0.2, 0.25) is 0 Å². The summed E-state index contributed by atoms with van der Waals surface area (Å²) < 4.78 is 0. The van der Waals surface area contributed by atoms with E-state index in [0.29, 0.717) is 23.7 Å². The Bertz CT molecular complexity index is 789. The topological polar surface area (TPSA) is 40.5 Å². The number of allylic oxidation sites excluding steroid dienone is 4. The van der Waals surface area contributed by atoms with Gasteiger partial charge in [-0.1, -0.05) is 57.9 Å². The van der Waals surface area contributed by atoms with Crippen LogP contribution in [0.4, 0.5) is 0 Å². The summed E-state index contributed by atoms with van der Waals surface area (Å²) in [4.78, 5) is 0. The smallest absolute Gasteiger partial charge is 0.0594 e. The summed E-state index contributed by atoms with van der Waals surface area (Å²) in [6, 6.07) is 0. The van der Waals surface area contributed by atoms with E-state index in [1.165, 1.54) is 36.8 Å². The van der Waals surface area contributed by atoms with Crippen LogP contribution in [0.25, 0.3) is 0 Å². The van der Waals surface area contributed by atoms with Crippen LogP contribution in [0.15, 0.2) is 23.3 Å². The lowest BCUT2D eigenvalue weighted by Crippen LogP contribution is -2.66. The minimum atomic E-state index is -0.206. The van der Waals surface area contributed by atoms with Gasteiger partial charge in [0.15, 0.2) is 0 Å². The standard InChI is InChI=1S/C30H50O2/c1-19(2)10-9-11-20(3)21-12-16-30(8)26(21)22(31)18-24-28(6)15-14-25(32)27(4,5)23(28)13-17-29(24,30)7/h10-11,21-26,31-32H,9,12-18H2,1-8H3/b20-11+/t21-,22-,23+,24-,25+,26+,28+,29-,30-/m1/s1. The summed E-state index contributed by atoms with van der Waals surface area (Å²) in [7, 11) is 0. The second-order valence-corrected chi connectivity index (χ2v) is 13.8. The molecule has 4 aliphatic rings. The summed E-state index contributed by atoms with van der Waals surface area (Å²) in [6.45, 7) is 18.9. The van der Waals surface area contributed by atoms with Crippen molar-refractivity contribution in [2.75, 3.05) is 0 Å². The van der Waals surface area contributed by atoms with Crippen LogP contribution in [0, 0.1) is 45.3 Å². The van der Waals surface area contributed by atoms with Gasteiger partial charge >= 0.3 is 0 Å². The van der Waals surface area contributed by atoms with Gasteiger partial charge in [-0.05, 0) is 117 Å². The molecule has 4 fully saturated rings. The third-order valence-corrected chi connectivity index (χ3v) is 11.9. The number of aliphatic hydroxyl groups excluding tert-OH is 2. The summed E-state index contributed by atoms with van der Waals surface area (Å²) in [5, 5.41) is 22.6. The fraction of sp³-hybridized carbons (Fsp3) is 0.867. The van der Waals surface area contributed by atoms with Crippen LogP contribution in [0.3, 0.4) is 0 Å². The van der Waals surface area contributed by atoms with Crippen molar-refractivity contribution in [2.24, 2.45) is 45.3 Å². The Labute approximate surface area is 198 Å². The first kappa shape index (κ1) is 24.5. The molecule has 0 aliphatic heterocycles. The molecule has 0 amide bonds. The van der Waals surface area contributed by atoms with Crippen molar-refractivity contribution >= 4 is 0 Å². The van der Waals surface area contributed by atoms with Gasteiger partial charge < -0.3 is 10.2 Å². The van der Waals surface area contributed by atoms with Crippen molar-refractivity contribution in [3.05, 3.63) is 23.3 Å². The summed E-state index contributed by atoms with van der Waals surface area (Å²) >= 11 is 0. The van der Waals surface area contributed by atoms with E-state index in [4.69, 9.17) is 0 Å². The van der Waals surface area contributed by atoms with E-state index in [1.807, 2.05) is 0 Å². The van der Waals surface area contributed by atoms with Gasteiger partial charge in [-0.15, -0.1) is 0 Å². The highest BCUT2D eigenvalue weighted by atomic mass is 16.3. The highest BCUT2D eigenvalue weighted by Crippen LogP contribution is 2.75. The van der Waals surface area contributed by atoms with Crippen molar-refractivity contribution in [1.29, 1.82) is 0 Å². The monoisotopic (exact) mass is 442 g/mol. The predicted molar refractivity (Wildman–Crippen MR) is 134 cm³/mol. The van der Waals surface area contributed by atoms with E-state index in [1.54, 1.807) is 0 Å². The number of hydrogen-bond donors (Lipinski definition) is 2. The van der Waals surface area contributed by atoms with E-state index < -0.39 is 0 Å². The first-order valence-corrected chi connectivity index (χ1v) is 13.4. The molecule has 0 radical (unpaired) electrons. The highest BCUT2D eigenvalue weighted by molar-refractivity contribution is 5.23. The zero-order valence-electron chi connectivity index (χ0n) is 22.2. The lowest BCUT2D eigenvalue weighted by molar-refractivity contribution is -0.240. The average Bonchev–Trinajstić information content (AvgIpc) is 3.07. The SMILES string of the molecule is CC(C)=CC/C=C(\C)[C@H]1CC[C@]2(C)[C@@H]1[C@H](O)C[C@@H]1[C@@]3(C)CC[C@H](O)C(C)(C)[C@@H]3CC[C@]12C. The molecule has 32 heavy (non-hydrogen) atoms. The lowest BCUT2D eigenvalue weighted by atomic mass is 9.35. The number of hydrogen-bond acceptors (Lipinski definition) is 2. The Morgan fingerprint density at radius 1 is 0.812 bits per heavy atom. The van der Waals surface area contributed by atoms with Gasteiger partial charge in [0.05, 0.1) is 12.2 Å².